The van der Waals surface area contributed by atoms with Crippen molar-refractivity contribution in [3.63, 3.8) is 0 Å². The summed E-state index contributed by atoms with van der Waals surface area (Å²) in [6.07, 6.45) is 5.06. The van der Waals surface area contributed by atoms with Crippen LogP contribution in [0.15, 0.2) is 12.1 Å². The van der Waals surface area contributed by atoms with Gasteiger partial charge in [0.15, 0.2) is 5.15 Å². The summed E-state index contributed by atoms with van der Waals surface area (Å²) in [6, 6.07) is 4.86. The highest BCUT2D eigenvalue weighted by atomic mass is 35.5. The molecule has 2 aliphatic heterocycles. The predicted octanol–water partition coefficient (Wildman–Crippen LogP) is 2.13. The molecular weight excluding hydrogens is 238 g/mol. The first-order valence-electron chi connectivity index (χ1n) is 6.10. The molecule has 2 saturated heterocycles. The van der Waals surface area contributed by atoms with E-state index in [1.54, 1.807) is 12.1 Å². The molecule has 4 nitrogen and oxygen atoms in total. The molecule has 92 valence electrons. The lowest BCUT2D eigenvalue weighted by Crippen LogP contribution is -2.43. The fraction of sp³-hybridized carbons (Fsp3) is 0.667. The van der Waals surface area contributed by atoms with Crippen LogP contribution in [0.1, 0.15) is 25.7 Å². The molecular formula is C12H16ClN3O. The van der Waals surface area contributed by atoms with Gasteiger partial charge in [-0.3, -0.25) is 0 Å². The van der Waals surface area contributed by atoms with Crippen molar-refractivity contribution in [2.24, 2.45) is 0 Å². The number of halogens is 1. The number of piperidine rings is 1. The van der Waals surface area contributed by atoms with E-state index in [1.807, 2.05) is 0 Å². The summed E-state index contributed by atoms with van der Waals surface area (Å²) in [5, 5.41) is 8.14. The summed E-state index contributed by atoms with van der Waals surface area (Å²) < 4.78 is 5.88. The fourth-order valence-corrected chi connectivity index (χ4v) is 3.10. The second-order valence-corrected chi connectivity index (χ2v) is 5.34. The maximum absolute atomic E-state index is 5.88. The number of nitrogens with zero attached hydrogens (tertiary/aromatic N) is 3. The van der Waals surface area contributed by atoms with E-state index in [4.69, 9.17) is 16.3 Å². The first kappa shape index (κ1) is 11.2. The van der Waals surface area contributed by atoms with Crippen molar-refractivity contribution in [1.82, 2.24) is 15.1 Å². The van der Waals surface area contributed by atoms with Gasteiger partial charge in [-0.05, 0) is 38.8 Å². The molecule has 0 N–H and O–H groups in total. The zero-order valence-corrected chi connectivity index (χ0v) is 10.6. The average Bonchev–Trinajstić information content (AvgIpc) is 2.55. The highest BCUT2D eigenvalue weighted by Crippen LogP contribution is 2.35. The molecule has 5 heteroatoms. The van der Waals surface area contributed by atoms with Crippen LogP contribution >= 0.6 is 11.6 Å². The summed E-state index contributed by atoms with van der Waals surface area (Å²) in [5.41, 5.74) is 0. The molecule has 0 saturated carbocycles. The third-order valence-corrected chi connectivity index (χ3v) is 4.15. The second kappa shape index (κ2) is 4.42. The Morgan fingerprint density at radius 3 is 2.53 bits per heavy atom. The van der Waals surface area contributed by atoms with Gasteiger partial charge in [0.1, 0.15) is 6.10 Å². The topological polar surface area (TPSA) is 38.2 Å². The van der Waals surface area contributed by atoms with E-state index >= 15 is 0 Å². The lowest BCUT2D eigenvalue weighted by molar-refractivity contribution is 0.0626. The van der Waals surface area contributed by atoms with Gasteiger partial charge in [0, 0.05) is 18.2 Å². The van der Waals surface area contributed by atoms with E-state index in [0.29, 0.717) is 23.1 Å². The number of fused-ring (bicyclic) bond motifs is 2. The van der Waals surface area contributed by atoms with E-state index < -0.39 is 0 Å². The quantitative estimate of drug-likeness (QED) is 0.809. The Hall–Kier alpha value is -0.870. The van der Waals surface area contributed by atoms with Gasteiger partial charge >= 0.3 is 0 Å². The van der Waals surface area contributed by atoms with Crippen molar-refractivity contribution in [1.29, 1.82) is 0 Å². The normalized spacial score (nSPS) is 32.7. The van der Waals surface area contributed by atoms with Gasteiger partial charge in [-0.1, -0.05) is 11.6 Å². The Morgan fingerprint density at radius 1 is 1.24 bits per heavy atom. The van der Waals surface area contributed by atoms with E-state index in [1.165, 1.54) is 12.8 Å². The Bertz CT molecular complexity index is 383. The minimum atomic E-state index is 0.277. The Kier molecular flexibility index (Phi) is 2.92. The molecule has 3 rings (SSSR count). The molecule has 2 fully saturated rings. The largest absolute Gasteiger partial charge is 0.473 e. The molecule has 0 aromatic carbocycles. The number of hydrogen-bond acceptors (Lipinski definition) is 4. The van der Waals surface area contributed by atoms with Gasteiger partial charge in [-0.2, -0.15) is 0 Å². The Balaban J connectivity index is 1.65. The molecule has 0 aliphatic carbocycles. The van der Waals surface area contributed by atoms with Crippen LogP contribution in [0.3, 0.4) is 0 Å². The van der Waals surface area contributed by atoms with Crippen LogP contribution < -0.4 is 4.74 Å². The van der Waals surface area contributed by atoms with Crippen molar-refractivity contribution in [3.8, 4) is 5.88 Å². The molecule has 3 heterocycles. The van der Waals surface area contributed by atoms with Gasteiger partial charge in [0.05, 0.1) is 0 Å². The fourth-order valence-electron chi connectivity index (χ4n) is 3.00. The van der Waals surface area contributed by atoms with Crippen molar-refractivity contribution >= 4 is 11.6 Å². The average molecular weight is 254 g/mol. The van der Waals surface area contributed by atoms with Gasteiger partial charge in [0.2, 0.25) is 5.88 Å². The van der Waals surface area contributed by atoms with Crippen molar-refractivity contribution in [3.05, 3.63) is 17.3 Å². The van der Waals surface area contributed by atoms with Crippen LogP contribution in [0.2, 0.25) is 5.15 Å². The summed E-state index contributed by atoms with van der Waals surface area (Å²) in [6.45, 7) is 0. The molecule has 0 spiro atoms. The van der Waals surface area contributed by atoms with Gasteiger partial charge < -0.3 is 9.64 Å². The first-order chi connectivity index (χ1) is 8.22. The van der Waals surface area contributed by atoms with Crippen LogP contribution in [0.5, 0.6) is 5.88 Å². The molecule has 2 bridgehead atoms. The van der Waals surface area contributed by atoms with E-state index in [9.17, 15) is 0 Å². The summed E-state index contributed by atoms with van der Waals surface area (Å²) >= 11 is 5.69. The number of rotatable bonds is 2. The molecule has 3 atom stereocenters. The number of hydrogen-bond donors (Lipinski definition) is 0. The standard InChI is InChI=1S/C12H16ClN3O/c1-16-8-2-3-9(16)7-10(6-8)17-12-5-4-11(13)14-15-12/h4-5,8-10H,2-3,6-7H2,1H3/t8-,9+,10?. The minimum absolute atomic E-state index is 0.277. The minimum Gasteiger partial charge on any atom is -0.473 e. The van der Waals surface area contributed by atoms with Crippen LogP contribution in [0.25, 0.3) is 0 Å². The highest BCUT2D eigenvalue weighted by molar-refractivity contribution is 6.29. The first-order valence-corrected chi connectivity index (χ1v) is 6.48. The molecule has 1 aromatic rings. The molecule has 17 heavy (non-hydrogen) atoms. The Morgan fingerprint density at radius 2 is 1.94 bits per heavy atom. The maximum atomic E-state index is 5.88. The predicted molar refractivity (Wildman–Crippen MR) is 65.3 cm³/mol. The molecule has 0 radical (unpaired) electrons. The van der Waals surface area contributed by atoms with E-state index in [2.05, 4.69) is 22.1 Å². The third kappa shape index (κ3) is 2.24. The smallest absolute Gasteiger partial charge is 0.233 e. The van der Waals surface area contributed by atoms with Crippen molar-refractivity contribution in [2.45, 2.75) is 43.9 Å². The number of ether oxygens (including phenoxy) is 1. The summed E-state index contributed by atoms with van der Waals surface area (Å²) in [7, 11) is 2.22. The van der Waals surface area contributed by atoms with Crippen LogP contribution in [-0.4, -0.2) is 40.3 Å². The van der Waals surface area contributed by atoms with Crippen LogP contribution in [0.4, 0.5) is 0 Å². The van der Waals surface area contributed by atoms with E-state index in [0.717, 1.165) is 12.8 Å². The van der Waals surface area contributed by atoms with Crippen LogP contribution in [0, 0.1) is 0 Å². The number of aromatic nitrogens is 2. The van der Waals surface area contributed by atoms with Crippen molar-refractivity contribution < 1.29 is 4.74 Å². The van der Waals surface area contributed by atoms with Crippen molar-refractivity contribution in [2.75, 3.05) is 7.05 Å². The lowest BCUT2D eigenvalue weighted by Gasteiger charge is -2.35. The van der Waals surface area contributed by atoms with Gasteiger partial charge in [0.25, 0.3) is 0 Å². The zero-order chi connectivity index (χ0) is 11.8. The summed E-state index contributed by atoms with van der Waals surface area (Å²) in [4.78, 5) is 2.49. The van der Waals surface area contributed by atoms with Gasteiger partial charge in [-0.15, -0.1) is 10.2 Å². The zero-order valence-electron chi connectivity index (χ0n) is 9.84. The van der Waals surface area contributed by atoms with Crippen LogP contribution in [-0.2, 0) is 0 Å². The highest BCUT2D eigenvalue weighted by Gasteiger charge is 2.39. The molecule has 2 aliphatic rings. The molecule has 0 amide bonds. The second-order valence-electron chi connectivity index (χ2n) is 4.96. The molecule has 1 unspecified atom stereocenters. The summed E-state index contributed by atoms with van der Waals surface area (Å²) in [5.74, 6) is 0.586. The lowest BCUT2D eigenvalue weighted by atomic mass is 10.0. The molecule has 1 aromatic heterocycles. The monoisotopic (exact) mass is 253 g/mol. The SMILES string of the molecule is CN1[C@@H]2CC[C@H]1CC(Oc1ccc(Cl)nn1)C2. The van der Waals surface area contributed by atoms with Gasteiger partial charge in [-0.25, -0.2) is 0 Å². The maximum Gasteiger partial charge on any atom is 0.233 e. The Labute approximate surface area is 106 Å². The third-order valence-electron chi connectivity index (χ3n) is 3.95. The van der Waals surface area contributed by atoms with E-state index in [-0.39, 0.29) is 6.10 Å².